The summed E-state index contributed by atoms with van der Waals surface area (Å²) in [6.45, 7) is 4.52. The van der Waals surface area contributed by atoms with Gasteiger partial charge in [0.15, 0.2) is 17.0 Å². The number of nitrogens with one attached hydrogen (secondary N) is 1. The number of carbonyl (C=O) groups excluding carboxylic acids is 1. The lowest BCUT2D eigenvalue weighted by atomic mass is 9.61. The second-order valence-electron chi connectivity index (χ2n) is 5.97. The van der Waals surface area contributed by atoms with Gasteiger partial charge in [-0.15, -0.1) is 0 Å². The lowest BCUT2D eigenvalue weighted by Crippen LogP contribution is -2.84. The third-order valence-corrected chi connectivity index (χ3v) is 4.95. The Morgan fingerprint density at radius 3 is 2.71 bits per heavy atom. The lowest BCUT2D eigenvalue weighted by Gasteiger charge is -2.37. The number of hydrogen-bond acceptors (Lipinski definition) is 1. The highest BCUT2D eigenvalue weighted by Gasteiger charge is 2.59. The summed E-state index contributed by atoms with van der Waals surface area (Å²) in [7, 11) is 0. The van der Waals surface area contributed by atoms with Crippen LogP contribution < -0.4 is 4.99 Å². The molecule has 1 aliphatic heterocycles. The summed E-state index contributed by atoms with van der Waals surface area (Å²) in [5.41, 5.74) is 1.52. The van der Waals surface area contributed by atoms with E-state index in [2.05, 4.69) is 31.0 Å². The summed E-state index contributed by atoms with van der Waals surface area (Å²) >= 11 is 0. The molecular weight excluding hydrogens is 210 g/mol. The van der Waals surface area contributed by atoms with Crippen LogP contribution >= 0.6 is 0 Å². The molecule has 17 heavy (non-hydrogen) atoms. The van der Waals surface area contributed by atoms with Crippen LogP contribution in [-0.2, 0) is 4.79 Å². The van der Waals surface area contributed by atoms with Crippen molar-refractivity contribution in [2.45, 2.75) is 45.1 Å². The maximum Gasteiger partial charge on any atom is 0.178 e. The summed E-state index contributed by atoms with van der Waals surface area (Å²) in [6.07, 6.45) is 12.9. The molecule has 0 saturated heterocycles. The quantitative estimate of drug-likeness (QED) is 0.665. The van der Waals surface area contributed by atoms with E-state index in [9.17, 15) is 4.79 Å². The van der Waals surface area contributed by atoms with Crippen molar-refractivity contribution in [3.63, 3.8) is 0 Å². The molecule has 1 N–H and O–H groups in total. The van der Waals surface area contributed by atoms with E-state index in [1.54, 1.807) is 12.2 Å². The SMILES string of the molecule is CC1=[NH+][C@]2(C)CCCC[C@H]2C12C=CC(=O)C=C2. The zero-order chi connectivity index (χ0) is 12.1. The highest BCUT2D eigenvalue weighted by atomic mass is 16.1. The molecular formula is C15H20NO+. The van der Waals surface area contributed by atoms with Crippen molar-refractivity contribution >= 4 is 11.5 Å². The first-order valence-electron chi connectivity index (χ1n) is 6.61. The van der Waals surface area contributed by atoms with Gasteiger partial charge in [-0.05, 0) is 25.0 Å². The fourth-order valence-electron chi connectivity index (χ4n) is 4.08. The average Bonchev–Trinajstić information content (AvgIpc) is 2.51. The van der Waals surface area contributed by atoms with Crippen LogP contribution in [0.4, 0.5) is 0 Å². The molecule has 0 unspecified atom stereocenters. The highest BCUT2D eigenvalue weighted by molar-refractivity contribution is 6.03. The molecule has 0 aromatic heterocycles. The molecule has 1 spiro atoms. The molecule has 90 valence electrons. The molecule has 0 aromatic rings. The molecule has 3 aliphatic rings. The van der Waals surface area contributed by atoms with Crippen LogP contribution in [0, 0.1) is 11.3 Å². The van der Waals surface area contributed by atoms with Crippen LogP contribution in [0.5, 0.6) is 0 Å². The molecule has 1 heterocycles. The van der Waals surface area contributed by atoms with E-state index >= 15 is 0 Å². The molecule has 1 saturated carbocycles. The van der Waals surface area contributed by atoms with Crippen LogP contribution in [0.1, 0.15) is 39.5 Å². The maximum absolute atomic E-state index is 11.3. The van der Waals surface area contributed by atoms with Gasteiger partial charge in [0.2, 0.25) is 0 Å². The molecule has 2 aliphatic carbocycles. The Labute approximate surface area is 103 Å². The summed E-state index contributed by atoms with van der Waals surface area (Å²) in [4.78, 5) is 15.1. The second kappa shape index (κ2) is 3.41. The minimum absolute atomic E-state index is 0.0108. The topological polar surface area (TPSA) is 31.0 Å². The van der Waals surface area contributed by atoms with Gasteiger partial charge in [-0.2, -0.15) is 0 Å². The van der Waals surface area contributed by atoms with Gasteiger partial charge < -0.3 is 0 Å². The van der Waals surface area contributed by atoms with Crippen molar-refractivity contribution in [3.05, 3.63) is 24.3 Å². The third kappa shape index (κ3) is 1.39. The van der Waals surface area contributed by atoms with Crippen molar-refractivity contribution in [1.82, 2.24) is 0 Å². The van der Waals surface area contributed by atoms with Gasteiger partial charge in [0.25, 0.3) is 0 Å². The highest BCUT2D eigenvalue weighted by Crippen LogP contribution is 2.48. The number of ketones is 1. The molecule has 2 atom stereocenters. The van der Waals surface area contributed by atoms with E-state index in [-0.39, 0.29) is 16.7 Å². The number of hydrogen-bond donors (Lipinski definition) is 1. The van der Waals surface area contributed by atoms with Gasteiger partial charge in [-0.3, -0.25) is 4.79 Å². The normalized spacial score (nSPS) is 38.4. The zero-order valence-corrected chi connectivity index (χ0v) is 10.6. The molecule has 3 rings (SSSR count). The summed E-state index contributed by atoms with van der Waals surface area (Å²) < 4.78 is 0. The van der Waals surface area contributed by atoms with E-state index in [0.717, 1.165) is 0 Å². The Balaban J connectivity index is 2.07. The standard InChI is InChI=1S/C15H19NO/c1-11-15(9-6-12(17)7-10-15)13-5-3-4-8-14(13,2)16-11/h6-7,9-10,13H,3-5,8H2,1-2H3/p+1/t13-,14-/m1/s1. The van der Waals surface area contributed by atoms with Crippen molar-refractivity contribution < 1.29 is 9.79 Å². The summed E-state index contributed by atoms with van der Waals surface area (Å²) in [5, 5.41) is 0. The Kier molecular flexibility index (Phi) is 2.19. The van der Waals surface area contributed by atoms with Crippen molar-refractivity contribution in [3.8, 4) is 0 Å². The molecule has 0 radical (unpaired) electrons. The van der Waals surface area contributed by atoms with Crippen LogP contribution in [-0.4, -0.2) is 17.0 Å². The van der Waals surface area contributed by atoms with Gasteiger partial charge in [0, 0.05) is 26.2 Å². The molecule has 1 fully saturated rings. The number of allylic oxidation sites excluding steroid dienone is 4. The summed E-state index contributed by atoms with van der Waals surface area (Å²) in [6, 6.07) is 0. The van der Waals surface area contributed by atoms with E-state index < -0.39 is 0 Å². The first kappa shape index (κ1) is 10.9. The molecule has 0 bridgehead atoms. The fourth-order valence-corrected chi connectivity index (χ4v) is 4.08. The molecule has 0 amide bonds. The predicted octanol–water partition coefficient (Wildman–Crippen LogP) is 1.17. The van der Waals surface area contributed by atoms with Crippen molar-refractivity contribution in [2.24, 2.45) is 11.3 Å². The second-order valence-corrected chi connectivity index (χ2v) is 5.97. The van der Waals surface area contributed by atoms with E-state index in [0.29, 0.717) is 5.92 Å². The smallest absolute Gasteiger partial charge is 0.178 e. The Bertz CT molecular complexity index is 442. The number of fused-ring (bicyclic) bond motifs is 2. The zero-order valence-electron chi connectivity index (χ0n) is 10.6. The summed E-state index contributed by atoms with van der Waals surface area (Å²) in [5.74, 6) is 0.720. The van der Waals surface area contributed by atoms with Gasteiger partial charge in [0.05, 0.1) is 5.41 Å². The minimum atomic E-state index is -0.0108. The van der Waals surface area contributed by atoms with Crippen LogP contribution in [0.15, 0.2) is 24.3 Å². The van der Waals surface area contributed by atoms with Gasteiger partial charge in [0.1, 0.15) is 0 Å². The predicted molar refractivity (Wildman–Crippen MR) is 67.7 cm³/mol. The van der Waals surface area contributed by atoms with Gasteiger partial charge in [-0.1, -0.05) is 18.6 Å². The monoisotopic (exact) mass is 230 g/mol. The molecule has 2 heteroatoms. The lowest BCUT2D eigenvalue weighted by molar-refractivity contribution is -0.552. The Hall–Kier alpha value is -1.18. The van der Waals surface area contributed by atoms with Crippen molar-refractivity contribution in [2.75, 3.05) is 0 Å². The molecule has 0 aromatic carbocycles. The first-order chi connectivity index (χ1) is 8.07. The van der Waals surface area contributed by atoms with Gasteiger partial charge in [-0.25, -0.2) is 4.99 Å². The van der Waals surface area contributed by atoms with Crippen LogP contribution in [0.2, 0.25) is 0 Å². The average molecular weight is 230 g/mol. The Morgan fingerprint density at radius 2 is 2.00 bits per heavy atom. The van der Waals surface area contributed by atoms with E-state index in [4.69, 9.17) is 0 Å². The minimum Gasteiger partial charge on any atom is -0.290 e. The van der Waals surface area contributed by atoms with E-state index in [1.807, 2.05) is 0 Å². The number of carbonyl (C=O) groups is 1. The Morgan fingerprint density at radius 1 is 1.29 bits per heavy atom. The maximum atomic E-state index is 11.3. The largest absolute Gasteiger partial charge is 0.290 e. The molecule has 2 nitrogen and oxygen atoms in total. The van der Waals surface area contributed by atoms with E-state index in [1.165, 1.54) is 31.4 Å². The number of rotatable bonds is 0. The van der Waals surface area contributed by atoms with Crippen molar-refractivity contribution in [1.29, 1.82) is 0 Å². The fraction of sp³-hybridized carbons (Fsp3) is 0.600. The third-order valence-electron chi connectivity index (χ3n) is 4.95. The van der Waals surface area contributed by atoms with Crippen LogP contribution in [0.3, 0.4) is 0 Å². The first-order valence-corrected chi connectivity index (χ1v) is 6.61. The van der Waals surface area contributed by atoms with Gasteiger partial charge >= 0.3 is 0 Å². The van der Waals surface area contributed by atoms with Crippen LogP contribution in [0.25, 0.3) is 0 Å².